The highest BCUT2D eigenvalue weighted by Crippen LogP contribution is 2.42. The smallest absolute Gasteiger partial charge is 0.271 e. The standard InChI is InChI=1S/C27H19ClN2O2S/c28-22-11-4-3-10-20(22)25-21-13-12-17-7-1-2-9-19(17)24(21)29-27-30(25)26(32)23(33-27)15-16-6-5-8-18(31)14-16/h1-11,14-15,25,31H,12-13H2/t25-/m1/s1. The normalized spacial score (nSPS) is 17.2. The summed E-state index contributed by atoms with van der Waals surface area (Å²) in [4.78, 5) is 19.3. The van der Waals surface area contributed by atoms with E-state index in [9.17, 15) is 9.90 Å². The van der Waals surface area contributed by atoms with Gasteiger partial charge in [0.1, 0.15) is 5.75 Å². The van der Waals surface area contributed by atoms with E-state index in [1.807, 2.05) is 42.5 Å². The van der Waals surface area contributed by atoms with Gasteiger partial charge < -0.3 is 5.11 Å². The molecule has 1 aliphatic heterocycles. The van der Waals surface area contributed by atoms with Crippen LogP contribution in [-0.4, -0.2) is 9.67 Å². The number of fused-ring (bicyclic) bond motifs is 3. The van der Waals surface area contributed by atoms with E-state index in [1.54, 1.807) is 22.8 Å². The molecular formula is C27H19ClN2O2S. The molecule has 1 aliphatic carbocycles. The van der Waals surface area contributed by atoms with Crippen molar-refractivity contribution in [1.29, 1.82) is 0 Å². The maximum absolute atomic E-state index is 13.7. The van der Waals surface area contributed by atoms with Crippen molar-refractivity contribution >= 4 is 34.7 Å². The van der Waals surface area contributed by atoms with Crippen LogP contribution in [0.4, 0.5) is 0 Å². The lowest BCUT2D eigenvalue weighted by Crippen LogP contribution is -2.38. The van der Waals surface area contributed by atoms with Crippen LogP contribution >= 0.6 is 22.9 Å². The van der Waals surface area contributed by atoms with Crippen LogP contribution in [0.15, 0.2) is 88.2 Å². The summed E-state index contributed by atoms with van der Waals surface area (Å²) in [7, 11) is 0. The summed E-state index contributed by atoms with van der Waals surface area (Å²) in [6.07, 6.45) is 3.53. The number of hydrogen-bond acceptors (Lipinski definition) is 4. The average Bonchev–Trinajstić information content (AvgIpc) is 3.13. The summed E-state index contributed by atoms with van der Waals surface area (Å²) in [6, 6.07) is 22.7. The predicted octanol–water partition coefficient (Wildman–Crippen LogP) is 4.68. The number of aromatic nitrogens is 1. The number of nitrogens with zero attached hydrogens (tertiary/aromatic N) is 2. The second-order valence-corrected chi connectivity index (χ2v) is 9.65. The quantitative estimate of drug-likeness (QED) is 0.462. The maximum atomic E-state index is 13.7. The largest absolute Gasteiger partial charge is 0.508 e. The summed E-state index contributed by atoms with van der Waals surface area (Å²) < 4.78 is 2.36. The Morgan fingerprint density at radius 3 is 2.70 bits per heavy atom. The van der Waals surface area contributed by atoms with Crippen molar-refractivity contribution < 1.29 is 5.11 Å². The highest BCUT2D eigenvalue weighted by atomic mass is 35.5. The lowest BCUT2D eigenvalue weighted by Gasteiger charge is -2.31. The van der Waals surface area contributed by atoms with Gasteiger partial charge in [-0.05, 0) is 59.4 Å². The Morgan fingerprint density at radius 1 is 1.03 bits per heavy atom. The van der Waals surface area contributed by atoms with Gasteiger partial charge in [0, 0.05) is 10.6 Å². The zero-order valence-corrected chi connectivity index (χ0v) is 19.1. The Kier molecular flexibility index (Phi) is 4.82. The first kappa shape index (κ1) is 20.2. The highest BCUT2D eigenvalue weighted by molar-refractivity contribution is 7.07. The zero-order chi connectivity index (χ0) is 22.5. The first-order valence-corrected chi connectivity index (χ1v) is 12.0. The Balaban J connectivity index is 1.65. The van der Waals surface area contributed by atoms with Gasteiger partial charge in [-0.1, -0.05) is 77.5 Å². The molecule has 2 aliphatic rings. The molecule has 0 spiro atoms. The van der Waals surface area contributed by atoms with Crippen LogP contribution in [0.1, 0.15) is 34.7 Å². The molecule has 1 aromatic heterocycles. The molecule has 2 heterocycles. The first-order valence-electron chi connectivity index (χ1n) is 10.8. The third kappa shape index (κ3) is 3.36. The van der Waals surface area contributed by atoms with Gasteiger partial charge in [-0.2, -0.15) is 0 Å². The summed E-state index contributed by atoms with van der Waals surface area (Å²) in [5, 5.41) is 10.5. The zero-order valence-electron chi connectivity index (χ0n) is 17.5. The van der Waals surface area contributed by atoms with E-state index >= 15 is 0 Å². The number of thiazole rings is 1. The van der Waals surface area contributed by atoms with Gasteiger partial charge in [0.05, 0.1) is 16.3 Å². The highest BCUT2D eigenvalue weighted by Gasteiger charge is 2.33. The van der Waals surface area contributed by atoms with Crippen LogP contribution in [0, 0.1) is 0 Å². The molecule has 1 atom stereocenters. The van der Waals surface area contributed by atoms with Gasteiger partial charge in [-0.15, -0.1) is 0 Å². The molecule has 0 fully saturated rings. The average molecular weight is 471 g/mol. The van der Waals surface area contributed by atoms with Crippen LogP contribution < -0.4 is 14.9 Å². The van der Waals surface area contributed by atoms with Crippen molar-refractivity contribution in [3.63, 3.8) is 0 Å². The molecular weight excluding hydrogens is 452 g/mol. The molecule has 0 saturated heterocycles. The Bertz CT molecular complexity index is 1630. The molecule has 162 valence electrons. The molecule has 0 saturated carbocycles. The topological polar surface area (TPSA) is 54.6 Å². The Labute approximate surface area is 199 Å². The molecule has 0 unspecified atom stereocenters. The number of halogens is 1. The molecule has 0 radical (unpaired) electrons. The van der Waals surface area contributed by atoms with Gasteiger partial charge in [0.25, 0.3) is 5.56 Å². The number of phenols is 1. The third-order valence-electron chi connectivity index (χ3n) is 6.24. The summed E-state index contributed by atoms with van der Waals surface area (Å²) in [5.74, 6) is 0.164. The van der Waals surface area contributed by atoms with Crippen molar-refractivity contribution in [3.8, 4) is 5.75 Å². The maximum Gasteiger partial charge on any atom is 0.271 e. The van der Waals surface area contributed by atoms with E-state index in [0.717, 1.165) is 40.8 Å². The number of aromatic hydroxyl groups is 1. The molecule has 3 aromatic carbocycles. The van der Waals surface area contributed by atoms with E-state index in [2.05, 4.69) is 18.2 Å². The van der Waals surface area contributed by atoms with Crippen LogP contribution in [0.25, 0.3) is 11.8 Å². The molecule has 4 nitrogen and oxygen atoms in total. The molecule has 4 aromatic rings. The number of hydrogen-bond donors (Lipinski definition) is 1. The van der Waals surface area contributed by atoms with Crippen molar-refractivity contribution in [3.05, 3.63) is 125 Å². The summed E-state index contributed by atoms with van der Waals surface area (Å²) >= 11 is 8.03. The number of benzene rings is 3. The minimum atomic E-state index is -0.301. The fourth-order valence-corrected chi connectivity index (χ4v) is 6.00. The van der Waals surface area contributed by atoms with Crippen molar-refractivity contribution in [2.45, 2.75) is 18.9 Å². The lowest BCUT2D eigenvalue weighted by molar-refractivity contribution is 0.475. The number of rotatable bonds is 2. The molecule has 0 bridgehead atoms. The molecule has 1 N–H and O–H groups in total. The van der Waals surface area contributed by atoms with Gasteiger partial charge in [-0.3, -0.25) is 9.36 Å². The molecule has 0 amide bonds. The van der Waals surface area contributed by atoms with Crippen molar-refractivity contribution in [2.24, 2.45) is 4.99 Å². The van der Waals surface area contributed by atoms with E-state index in [-0.39, 0.29) is 17.4 Å². The van der Waals surface area contributed by atoms with Gasteiger partial charge in [0.2, 0.25) is 0 Å². The Morgan fingerprint density at radius 2 is 1.85 bits per heavy atom. The first-order chi connectivity index (χ1) is 16.1. The van der Waals surface area contributed by atoms with Crippen molar-refractivity contribution in [1.82, 2.24) is 4.57 Å². The van der Waals surface area contributed by atoms with Crippen LogP contribution in [0.3, 0.4) is 0 Å². The van der Waals surface area contributed by atoms with Gasteiger partial charge >= 0.3 is 0 Å². The minimum absolute atomic E-state index is 0.0996. The second kappa shape index (κ2) is 7.87. The van der Waals surface area contributed by atoms with Gasteiger partial charge in [-0.25, -0.2) is 4.99 Å². The SMILES string of the molecule is O=c1c(=Cc2cccc(O)c2)sc2n1[C@H](c1ccccc1Cl)C1=C(N=2)c2ccccc2CC1. The molecule has 33 heavy (non-hydrogen) atoms. The lowest BCUT2D eigenvalue weighted by atomic mass is 9.83. The summed E-state index contributed by atoms with van der Waals surface area (Å²) in [5.41, 5.74) is 6.05. The number of aryl methyl sites for hydroxylation is 1. The van der Waals surface area contributed by atoms with E-state index in [1.165, 1.54) is 16.9 Å². The van der Waals surface area contributed by atoms with Crippen LogP contribution in [0.5, 0.6) is 5.75 Å². The minimum Gasteiger partial charge on any atom is -0.508 e. The molecule has 6 heteroatoms. The molecule has 6 rings (SSSR count). The Hall–Kier alpha value is -3.41. The fourth-order valence-electron chi connectivity index (χ4n) is 4.76. The second-order valence-electron chi connectivity index (χ2n) is 8.23. The number of allylic oxidation sites excluding steroid dienone is 1. The predicted molar refractivity (Wildman–Crippen MR) is 132 cm³/mol. The van der Waals surface area contributed by atoms with Gasteiger partial charge in [0.15, 0.2) is 4.80 Å². The van der Waals surface area contributed by atoms with Crippen molar-refractivity contribution in [2.75, 3.05) is 0 Å². The fraction of sp³-hybridized carbons (Fsp3) is 0.111. The summed E-state index contributed by atoms with van der Waals surface area (Å²) in [6.45, 7) is 0. The monoisotopic (exact) mass is 470 g/mol. The van der Waals surface area contributed by atoms with E-state index < -0.39 is 0 Å². The third-order valence-corrected chi connectivity index (χ3v) is 7.57. The number of phenolic OH excluding ortho intramolecular Hbond substituents is 1. The van der Waals surface area contributed by atoms with E-state index in [0.29, 0.717) is 14.4 Å². The van der Waals surface area contributed by atoms with Crippen LogP contribution in [-0.2, 0) is 6.42 Å². The van der Waals surface area contributed by atoms with E-state index in [4.69, 9.17) is 16.6 Å². The van der Waals surface area contributed by atoms with Crippen LogP contribution in [0.2, 0.25) is 5.02 Å².